The lowest BCUT2D eigenvalue weighted by atomic mass is 10.1. The van der Waals surface area contributed by atoms with E-state index in [0.29, 0.717) is 5.88 Å². The van der Waals surface area contributed by atoms with Crippen LogP contribution in [0, 0.1) is 10.1 Å². The Hall–Kier alpha value is -1.55. The van der Waals surface area contributed by atoms with Gasteiger partial charge in [0.05, 0.1) is 4.92 Å². The molecule has 1 aliphatic rings. The van der Waals surface area contributed by atoms with Gasteiger partial charge in [0.25, 0.3) is 0 Å². The van der Waals surface area contributed by atoms with Crippen LogP contribution < -0.4 is 4.90 Å². The Balaban J connectivity index is 2.18. The molecule has 0 N–H and O–H groups in total. The predicted molar refractivity (Wildman–Crippen MR) is 78.3 cm³/mol. The van der Waals surface area contributed by atoms with E-state index in [1.165, 1.54) is 18.2 Å². The Morgan fingerprint density at radius 3 is 3.05 bits per heavy atom. The van der Waals surface area contributed by atoms with Gasteiger partial charge in [0.1, 0.15) is 0 Å². The van der Waals surface area contributed by atoms with E-state index in [1.54, 1.807) is 6.08 Å². The number of nitro groups is 1. The zero-order valence-corrected chi connectivity index (χ0v) is 11.7. The third-order valence-electron chi connectivity index (χ3n) is 3.32. The Morgan fingerprint density at radius 1 is 1.58 bits per heavy atom. The quantitative estimate of drug-likeness (QED) is 0.472. The Bertz CT molecular complexity index is 514. The second-order valence-electron chi connectivity index (χ2n) is 4.71. The molecule has 0 aromatic heterocycles. The minimum atomic E-state index is -0.361. The molecule has 0 amide bonds. The van der Waals surface area contributed by atoms with Crippen molar-refractivity contribution < 1.29 is 4.92 Å². The van der Waals surface area contributed by atoms with Crippen molar-refractivity contribution in [1.29, 1.82) is 0 Å². The second-order valence-corrected chi connectivity index (χ2v) is 5.09. The molecule has 1 aliphatic heterocycles. The molecule has 0 saturated heterocycles. The molecule has 0 aliphatic carbocycles. The average molecular weight is 281 g/mol. The van der Waals surface area contributed by atoms with Gasteiger partial charge in [-0.2, -0.15) is 0 Å². The smallest absolute Gasteiger partial charge is 0.243 e. The SMILES string of the molecule is C/C(=C\c1ccc2c(c1)CCN2CCCCl)[N+](=O)[O-]. The van der Waals surface area contributed by atoms with Crippen LogP contribution in [0.3, 0.4) is 0 Å². The molecule has 5 heteroatoms. The van der Waals surface area contributed by atoms with Crippen LogP contribution in [0.4, 0.5) is 5.69 Å². The van der Waals surface area contributed by atoms with Gasteiger partial charge >= 0.3 is 0 Å². The van der Waals surface area contributed by atoms with Gasteiger partial charge in [-0.15, -0.1) is 11.6 Å². The van der Waals surface area contributed by atoms with Crippen molar-refractivity contribution >= 4 is 23.4 Å². The highest BCUT2D eigenvalue weighted by Gasteiger charge is 2.18. The van der Waals surface area contributed by atoms with Crippen LogP contribution in [0.5, 0.6) is 0 Å². The zero-order valence-electron chi connectivity index (χ0n) is 10.9. The minimum absolute atomic E-state index is 0.164. The van der Waals surface area contributed by atoms with Crippen LogP contribution in [0.15, 0.2) is 23.9 Å². The summed E-state index contributed by atoms with van der Waals surface area (Å²) < 4.78 is 0. The average Bonchev–Trinajstić information content (AvgIpc) is 2.78. The maximum atomic E-state index is 10.6. The molecule has 102 valence electrons. The van der Waals surface area contributed by atoms with Crippen LogP contribution in [0.25, 0.3) is 6.08 Å². The van der Waals surface area contributed by atoms with Gasteiger partial charge in [-0.05, 0) is 36.1 Å². The number of hydrogen-bond donors (Lipinski definition) is 0. The summed E-state index contributed by atoms with van der Waals surface area (Å²) in [7, 11) is 0. The molecule has 2 rings (SSSR count). The van der Waals surface area contributed by atoms with E-state index in [1.807, 2.05) is 12.1 Å². The summed E-state index contributed by atoms with van der Waals surface area (Å²) in [6.45, 7) is 3.49. The van der Waals surface area contributed by atoms with Gasteiger partial charge in [-0.3, -0.25) is 10.1 Å². The van der Waals surface area contributed by atoms with Crippen LogP contribution in [-0.4, -0.2) is 23.9 Å². The number of halogens is 1. The lowest BCUT2D eigenvalue weighted by Gasteiger charge is -2.18. The van der Waals surface area contributed by atoms with E-state index in [9.17, 15) is 10.1 Å². The lowest BCUT2D eigenvalue weighted by Crippen LogP contribution is -2.21. The van der Waals surface area contributed by atoms with E-state index in [2.05, 4.69) is 11.0 Å². The lowest BCUT2D eigenvalue weighted by molar-refractivity contribution is -0.422. The van der Waals surface area contributed by atoms with Gasteiger partial charge < -0.3 is 4.90 Å². The first kappa shape index (κ1) is 13.9. The van der Waals surface area contributed by atoms with E-state index >= 15 is 0 Å². The normalized spacial score (nSPS) is 14.6. The number of fused-ring (bicyclic) bond motifs is 1. The highest BCUT2D eigenvalue weighted by molar-refractivity contribution is 6.17. The van der Waals surface area contributed by atoms with Gasteiger partial charge in [0, 0.05) is 37.7 Å². The number of nitrogens with zero attached hydrogens (tertiary/aromatic N) is 2. The Labute approximate surface area is 117 Å². The Kier molecular flexibility index (Phi) is 4.43. The van der Waals surface area contributed by atoms with Crippen LogP contribution >= 0.6 is 11.6 Å². The first-order valence-corrected chi connectivity index (χ1v) is 6.92. The molecule has 19 heavy (non-hydrogen) atoms. The molecule has 1 heterocycles. The van der Waals surface area contributed by atoms with Crippen molar-refractivity contribution in [3.05, 3.63) is 45.1 Å². The van der Waals surface area contributed by atoms with E-state index in [0.717, 1.165) is 31.5 Å². The van der Waals surface area contributed by atoms with Crippen LogP contribution in [0.2, 0.25) is 0 Å². The highest BCUT2D eigenvalue weighted by Crippen LogP contribution is 2.29. The monoisotopic (exact) mass is 280 g/mol. The summed E-state index contributed by atoms with van der Waals surface area (Å²) in [5.74, 6) is 0.675. The molecule has 0 fully saturated rings. The summed E-state index contributed by atoms with van der Waals surface area (Å²) in [4.78, 5) is 12.6. The van der Waals surface area contributed by atoms with E-state index < -0.39 is 0 Å². The molecule has 0 spiro atoms. The Morgan fingerprint density at radius 2 is 2.37 bits per heavy atom. The van der Waals surface area contributed by atoms with Crippen molar-refractivity contribution in [2.45, 2.75) is 19.8 Å². The molecule has 0 bridgehead atoms. The molecule has 0 radical (unpaired) electrons. The third kappa shape index (κ3) is 3.26. The molecular weight excluding hydrogens is 264 g/mol. The van der Waals surface area contributed by atoms with Gasteiger partial charge in [0.15, 0.2) is 0 Å². The number of rotatable bonds is 5. The second kappa shape index (κ2) is 6.06. The summed E-state index contributed by atoms with van der Waals surface area (Å²) in [6.07, 6.45) is 3.58. The number of hydrogen-bond acceptors (Lipinski definition) is 3. The summed E-state index contributed by atoms with van der Waals surface area (Å²) in [6, 6.07) is 6.03. The number of allylic oxidation sites excluding steroid dienone is 1. The molecule has 1 aromatic carbocycles. The van der Waals surface area contributed by atoms with E-state index in [-0.39, 0.29) is 10.6 Å². The van der Waals surface area contributed by atoms with E-state index in [4.69, 9.17) is 11.6 Å². The maximum absolute atomic E-state index is 10.6. The van der Waals surface area contributed by atoms with Crippen LogP contribution in [-0.2, 0) is 6.42 Å². The van der Waals surface area contributed by atoms with Gasteiger partial charge in [-0.1, -0.05) is 6.07 Å². The van der Waals surface area contributed by atoms with Crippen molar-refractivity contribution in [3.63, 3.8) is 0 Å². The fourth-order valence-electron chi connectivity index (χ4n) is 2.36. The molecule has 0 atom stereocenters. The number of benzene rings is 1. The predicted octanol–water partition coefficient (Wildman–Crippen LogP) is 3.32. The van der Waals surface area contributed by atoms with Crippen molar-refractivity contribution in [2.24, 2.45) is 0 Å². The zero-order chi connectivity index (χ0) is 13.8. The topological polar surface area (TPSA) is 46.4 Å². The van der Waals surface area contributed by atoms with Gasteiger partial charge in [-0.25, -0.2) is 0 Å². The van der Waals surface area contributed by atoms with Crippen LogP contribution in [0.1, 0.15) is 24.5 Å². The van der Waals surface area contributed by atoms with Crippen molar-refractivity contribution in [1.82, 2.24) is 0 Å². The number of anilines is 1. The van der Waals surface area contributed by atoms with Crippen molar-refractivity contribution in [2.75, 3.05) is 23.9 Å². The van der Waals surface area contributed by atoms with Gasteiger partial charge in [0.2, 0.25) is 5.70 Å². The fraction of sp³-hybridized carbons (Fsp3) is 0.429. The molecular formula is C14H17ClN2O2. The number of alkyl halides is 1. The standard InChI is InChI=1S/C14H17ClN2O2/c1-11(17(18)19)9-12-3-4-14-13(10-12)5-8-16(14)7-2-6-15/h3-4,9-10H,2,5-8H2,1H3/b11-9+. The first-order chi connectivity index (χ1) is 9.11. The largest absolute Gasteiger partial charge is 0.371 e. The molecule has 0 unspecified atom stereocenters. The maximum Gasteiger partial charge on any atom is 0.243 e. The third-order valence-corrected chi connectivity index (χ3v) is 3.59. The highest BCUT2D eigenvalue weighted by atomic mass is 35.5. The first-order valence-electron chi connectivity index (χ1n) is 6.38. The molecule has 0 saturated carbocycles. The van der Waals surface area contributed by atoms with Crippen molar-refractivity contribution in [3.8, 4) is 0 Å². The fourth-order valence-corrected chi connectivity index (χ4v) is 2.48. The summed E-state index contributed by atoms with van der Waals surface area (Å²) in [5, 5.41) is 10.6. The minimum Gasteiger partial charge on any atom is -0.371 e. The summed E-state index contributed by atoms with van der Waals surface area (Å²) >= 11 is 5.72. The molecule has 1 aromatic rings. The summed E-state index contributed by atoms with van der Waals surface area (Å²) in [5.41, 5.74) is 3.56. The molecule has 4 nitrogen and oxygen atoms in total.